The molecule has 104 valence electrons. The van der Waals surface area contributed by atoms with Crippen molar-refractivity contribution in [1.29, 1.82) is 0 Å². The highest BCUT2D eigenvalue weighted by Gasteiger charge is 2.44. The van der Waals surface area contributed by atoms with Crippen molar-refractivity contribution in [2.45, 2.75) is 57.1 Å². The van der Waals surface area contributed by atoms with Gasteiger partial charge in [0.2, 0.25) is 0 Å². The van der Waals surface area contributed by atoms with Gasteiger partial charge in [-0.15, -0.1) is 0 Å². The van der Waals surface area contributed by atoms with Crippen LogP contribution < -0.4 is 0 Å². The van der Waals surface area contributed by atoms with Gasteiger partial charge in [-0.3, -0.25) is 4.98 Å². The Bertz CT molecular complexity index is 450. The number of nitrogens with zero attached hydrogens (tertiary/aromatic N) is 2. The van der Waals surface area contributed by atoms with Crippen LogP contribution in [0.3, 0.4) is 0 Å². The van der Waals surface area contributed by atoms with E-state index in [1.807, 2.05) is 12.3 Å². The summed E-state index contributed by atoms with van der Waals surface area (Å²) in [6.45, 7) is 6.48. The summed E-state index contributed by atoms with van der Waals surface area (Å²) in [5.74, 6) is 0.248. The summed E-state index contributed by atoms with van der Waals surface area (Å²) in [6, 6.07) is 4.75. The second-order valence-electron chi connectivity index (χ2n) is 6.37. The molecule has 0 bridgehead atoms. The first kappa shape index (κ1) is 13.1. The second kappa shape index (κ2) is 4.88. The fourth-order valence-corrected chi connectivity index (χ4v) is 3.71. The average Bonchev–Trinajstić information content (AvgIpc) is 2.83. The third kappa shape index (κ3) is 2.30. The molecule has 1 unspecified atom stereocenters. The van der Waals surface area contributed by atoms with Crippen LogP contribution in [0.25, 0.3) is 0 Å². The van der Waals surface area contributed by atoms with Crippen LogP contribution in [-0.2, 0) is 6.42 Å². The number of aryl methyl sites for hydroxylation is 1. The maximum atomic E-state index is 11.1. The molecule has 0 radical (unpaired) electrons. The minimum atomic E-state index is -0.537. The lowest BCUT2D eigenvalue weighted by Gasteiger charge is -2.43. The number of hydrogen-bond donors (Lipinski definition) is 1. The summed E-state index contributed by atoms with van der Waals surface area (Å²) in [6.07, 6.45) is 5.76. The van der Waals surface area contributed by atoms with Gasteiger partial charge in [0.05, 0.1) is 5.60 Å². The molecule has 0 amide bonds. The number of piperidine rings is 1. The Morgan fingerprint density at radius 2 is 2.11 bits per heavy atom. The van der Waals surface area contributed by atoms with Crippen molar-refractivity contribution in [3.63, 3.8) is 0 Å². The molecule has 19 heavy (non-hydrogen) atoms. The summed E-state index contributed by atoms with van der Waals surface area (Å²) < 4.78 is 0. The van der Waals surface area contributed by atoms with Gasteiger partial charge in [-0.1, -0.05) is 6.07 Å². The fraction of sp³-hybridized carbons (Fsp3) is 0.688. The highest BCUT2D eigenvalue weighted by Crippen LogP contribution is 2.44. The molecule has 1 aliphatic carbocycles. The summed E-state index contributed by atoms with van der Waals surface area (Å²) in [5, 5.41) is 11.1. The van der Waals surface area contributed by atoms with E-state index in [4.69, 9.17) is 0 Å². The van der Waals surface area contributed by atoms with Gasteiger partial charge in [-0.05, 0) is 51.2 Å². The van der Waals surface area contributed by atoms with Crippen molar-refractivity contribution in [3.8, 4) is 0 Å². The van der Waals surface area contributed by atoms with E-state index in [0.717, 1.165) is 44.5 Å². The fourth-order valence-electron chi connectivity index (χ4n) is 3.71. The van der Waals surface area contributed by atoms with Crippen LogP contribution in [0.2, 0.25) is 0 Å². The molecule has 2 heterocycles. The van der Waals surface area contributed by atoms with Gasteiger partial charge in [0.15, 0.2) is 0 Å². The number of aliphatic hydroxyl groups is 1. The predicted octanol–water partition coefficient (Wildman–Crippen LogP) is 2.35. The van der Waals surface area contributed by atoms with Crippen LogP contribution in [0.4, 0.5) is 0 Å². The van der Waals surface area contributed by atoms with Crippen molar-refractivity contribution in [2.24, 2.45) is 0 Å². The maximum absolute atomic E-state index is 11.1. The first-order valence-electron chi connectivity index (χ1n) is 7.50. The molecule has 3 rings (SSSR count). The zero-order chi connectivity index (χ0) is 13.5. The van der Waals surface area contributed by atoms with E-state index >= 15 is 0 Å². The van der Waals surface area contributed by atoms with E-state index in [2.05, 4.69) is 29.8 Å². The Kier molecular flexibility index (Phi) is 3.35. The van der Waals surface area contributed by atoms with Crippen LogP contribution in [0.15, 0.2) is 18.3 Å². The molecule has 1 aromatic heterocycles. The molecule has 1 atom stereocenters. The first-order valence-corrected chi connectivity index (χ1v) is 7.50. The average molecular weight is 260 g/mol. The van der Waals surface area contributed by atoms with E-state index < -0.39 is 5.60 Å². The molecule has 1 fully saturated rings. The predicted molar refractivity (Wildman–Crippen MR) is 76.2 cm³/mol. The number of rotatable bonds is 2. The molecule has 1 aromatic rings. The molecule has 1 N–H and O–H groups in total. The first-order chi connectivity index (χ1) is 9.10. The SMILES string of the molecule is CC(C)N1CCC(O)(C2CCc3cccnc32)CC1. The zero-order valence-corrected chi connectivity index (χ0v) is 12.0. The molecule has 3 nitrogen and oxygen atoms in total. The van der Waals surface area contributed by atoms with Gasteiger partial charge in [0, 0.05) is 36.9 Å². The number of aromatic nitrogens is 1. The van der Waals surface area contributed by atoms with E-state index in [-0.39, 0.29) is 5.92 Å². The topological polar surface area (TPSA) is 36.4 Å². The van der Waals surface area contributed by atoms with Gasteiger partial charge in [0.1, 0.15) is 0 Å². The van der Waals surface area contributed by atoms with Gasteiger partial charge < -0.3 is 10.0 Å². The molecular weight excluding hydrogens is 236 g/mol. The van der Waals surface area contributed by atoms with Crippen molar-refractivity contribution in [1.82, 2.24) is 9.88 Å². The highest BCUT2D eigenvalue weighted by molar-refractivity contribution is 5.31. The Hall–Kier alpha value is -0.930. The lowest BCUT2D eigenvalue weighted by molar-refractivity contribution is -0.0489. The van der Waals surface area contributed by atoms with Gasteiger partial charge in [0.25, 0.3) is 0 Å². The van der Waals surface area contributed by atoms with E-state index in [1.165, 1.54) is 5.56 Å². The number of pyridine rings is 1. The molecule has 1 aliphatic heterocycles. The molecule has 0 aromatic carbocycles. The Morgan fingerprint density at radius 1 is 1.37 bits per heavy atom. The molecular formula is C16H24N2O. The normalized spacial score (nSPS) is 26.6. The van der Waals surface area contributed by atoms with Crippen LogP contribution in [0.1, 0.15) is 50.3 Å². The van der Waals surface area contributed by atoms with E-state index in [0.29, 0.717) is 6.04 Å². The van der Waals surface area contributed by atoms with Gasteiger partial charge >= 0.3 is 0 Å². The van der Waals surface area contributed by atoms with Gasteiger partial charge in [-0.25, -0.2) is 0 Å². The van der Waals surface area contributed by atoms with Crippen molar-refractivity contribution in [2.75, 3.05) is 13.1 Å². The molecule has 2 aliphatic rings. The lowest BCUT2D eigenvalue weighted by Crippen LogP contribution is -2.49. The van der Waals surface area contributed by atoms with Crippen LogP contribution in [0, 0.1) is 0 Å². The third-order valence-electron chi connectivity index (χ3n) is 5.00. The highest BCUT2D eigenvalue weighted by atomic mass is 16.3. The van der Waals surface area contributed by atoms with E-state index in [1.54, 1.807) is 0 Å². The van der Waals surface area contributed by atoms with Crippen LogP contribution in [-0.4, -0.2) is 39.7 Å². The second-order valence-corrected chi connectivity index (χ2v) is 6.37. The Morgan fingerprint density at radius 3 is 2.79 bits per heavy atom. The zero-order valence-electron chi connectivity index (χ0n) is 12.0. The van der Waals surface area contributed by atoms with Crippen molar-refractivity contribution >= 4 is 0 Å². The molecule has 3 heteroatoms. The monoisotopic (exact) mass is 260 g/mol. The molecule has 1 saturated heterocycles. The standard InChI is InChI=1S/C16H24N2O/c1-12(2)18-10-7-16(19,8-11-18)14-6-5-13-4-3-9-17-15(13)14/h3-4,9,12,14,19H,5-8,10-11H2,1-2H3. The molecule has 0 saturated carbocycles. The number of fused-ring (bicyclic) bond motifs is 1. The maximum Gasteiger partial charge on any atom is 0.0755 e. The molecule has 0 spiro atoms. The van der Waals surface area contributed by atoms with E-state index in [9.17, 15) is 5.11 Å². The Labute approximate surface area is 115 Å². The summed E-state index contributed by atoms with van der Waals surface area (Å²) in [4.78, 5) is 7.00. The lowest BCUT2D eigenvalue weighted by atomic mass is 9.78. The number of hydrogen-bond acceptors (Lipinski definition) is 3. The summed E-state index contributed by atoms with van der Waals surface area (Å²) in [7, 11) is 0. The van der Waals surface area contributed by atoms with Crippen LogP contribution in [0.5, 0.6) is 0 Å². The minimum absolute atomic E-state index is 0.248. The third-order valence-corrected chi connectivity index (χ3v) is 5.00. The van der Waals surface area contributed by atoms with Crippen LogP contribution >= 0.6 is 0 Å². The number of likely N-dealkylation sites (tertiary alicyclic amines) is 1. The Balaban J connectivity index is 1.77. The van der Waals surface area contributed by atoms with Gasteiger partial charge in [-0.2, -0.15) is 0 Å². The smallest absolute Gasteiger partial charge is 0.0755 e. The minimum Gasteiger partial charge on any atom is -0.389 e. The largest absolute Gasteiger partial charge is 0.389 e. The van der Waals surface area contributed by atoms with Crippen molar-refractivity contribution in [3.05, 3.63) is 29.6 Å². The summed E-state index contributed by atoms with van der Waals surface area (Å²) in [5.41, 5.74) is 1.96. The summed E-state index contributed by atoms with van der Waals surface area (Å²) >= 11 is 0. The van der Waals surface area contributed by atoms with Crippen molar-refractivity contribution < 1.29 is 5.11 Å². The quantitative estimate of drug-likeness (QED) is 0.886.